The lowest BCUT2D eigenvalue weighted by atomic mass is 10.1. The molecule has 1 aliphatic heterocycles. The zero-order valence-corrected chi connectivity index (χ0v) is 17.4. The van der Waals surface area contributed by atoms with Crippen LogP contribution in [0.3, 0.4) is 0 Å². The van der Waals surface area contributed by atoms with Gasteiger partial charge in [0.1, 0.15) is 29.6 Å². The third-order valence-corrected chi connectivity index (χ3v) is 5.17. The summed E-state index contributed by atoms with van der Waals surface area (Å²) in [4.78, 5) is 12.7. The SMILES string of the molecule is COc1ccc(NC(=O)c2cc(-c3cc(F)ccc3OCC3CCCO3)n[nH]2)c(C)c1. The number of carbonyl (C=O) groups is 1. The van der Waals surface area contributed by atoms with Crippen LogP contribution in [0.15, 0.2) is 42.5 Å². The summed E-state index contributed by atoms with van der Waals surface area (Å²) in [7, 11) is 1.59. The van der Waals surface area contributed by atoms with E-state index in [1.165, 1.54) is 12.1 Å². The second-order valence-electron chi connectivity index (χ2n) is 7.39. The van der Waals surface area contributed by atoms with E-state index in [0.717, 1.165) is 25.0 Å². The van der Waals surface area contributed by atoms with E-state index in [1.807, 2.05) is 13.0 Å². The number of hydrogen-bond donors (Lipinski definition) is 2. The fourth-order valence-corrected chi connectivity index (χ4v) is 3.46. The van der Waals surface area contributed by atoms with Crippen LogP contribution in [0.25, 0.3) is 11.3 Å². The van der Waals surface area contributed by atoms with Crippen molar-refractivity contribution in [2.45, 2.75) is 25.9 Å². The largest absolute Gasteiger partial charge is 0.497 e. The highest BCUT2D eigenvalue weighted by Crippen LogP contribution is 2.31. The number of benzene rings is 2. The number of rotatable bonds is 7. The van der Waals surface area contributed by atoms with E-state index in [1.54, 1.807) is 31.4 Å². The van der Waals surface area contributed by atoms with Gasteiger partial charge >= 0.3 is 0 Å². The number of carbonyl (C=O) groups excluding carboxylic acids is 1. The van der Waals surface area contributed by atoms with Gasteiger partial charge in [0, 0.05) is 17.9 Å². The number of H-pyrrole nitrogens is 1. The number of ether oxygens (including phenoxy) is 3. The molecule has 31 heavy (non-hydrogen) atoms. The summed E-state index contributed by atoms with van der Waals surface area (Å²) < 4.78 is 30.6. The average Bonchev–Trinajstić information content (AvgIpc) is 3.46. The lowest BCUT2D eigenvalue weighted by Gasteiger charge is -2.14. The van der Waals surface area contributed by atoms with Crippen molar-refractivity contribution < 1.29 is 23.4 Å². The summed E-state index contributed by atoms with van der Waals surface area (Å²) in [5.41, 5.74) is 2.66. The van der Waals surface area contributed by atoms with Crippen molar-refractivity contribution in [1.82, 2.24) is 10.2 Å². The van der Waals surface area contributed by atoms with Crippen LogP contribution in [-0.2, 0) is 4.74 Å². The number of aryl methyl sites for hydroxylation is 1. The predicted octanol–water partition coefficient (Wildman–Crippen LogP) is 4.34. The van der Waals surface area contributed by atoms with Crippen LogP contribution in [0.4, 0.5) is 10.1 Å². The highest BCUT2D eigenvalue weighted by atomic mass is 19.1. The van der Waals surface area contributed by atoms with Crippen LogP contribution in [0.1, 0.15) is 28.9 Å². The van der Waals surface area contributed by atoms with E-state index >= 15 is 0 Å². The van der Waals surface area contributed by atoms with E-state index in [-0.39, 0.29) is 17.7 Å². The summed E-state index contributed by atoms with van der Waals surface area (Å²) in [5.74, 6) is 0.426. The standard InChI is InChI=1S/C23H24FN3O4/c1-14-10-16(29-2)6-7-19(14)25-23(28)21-12-20(26-27-21)18-11-15(24)5-8-22(18)31-13-17-4-3-9-30-17/h5-8,10-12,17H,3-4,9,13H2,1-2H3,(H,25,28)(H,26,27). The number of aromatic nitrogens is 2. The zero-order chi connectivity index (χ0) is 21.8. The Hall–Kier alpha value is -3.39. The van der Waals surface area contributed by atoms with Crippen molar-refractivity contribution in [1.29, 1.82) is 0 Å². The maximum absolute atomic E-state index is 13.9. The van der Waals surface area contributed by atoms with Crippen molar-refractivity contribution in [3.05, 3.63) is 59.5 Å². The molecule has 8 heteroatoms. The molecule has 0 bridgehead atoms. The van der Waals surface area contributed by atoms with Gasteiger partial charge in [-0.3, -0.25) is 9.89 Å². The molecule has 1 amide bonds. The first-order valence-corrected chi connectivity index (χ1v) is 10.1. The van der Waals surface area contributed by atoms with Gasteiger partial charge in [-0.25, -0.2) is 4.39 Å². The van der Waals surface area contributed by atoms with E-state index in [9.17, 15) is 9.18 Å². The smallest absolute Gasteiger partial charge is 0.273 e. The van der Waals surface area contributed by atoms with Crippen molar-refractivity contribution in [2.24, 2.45) is 0 Å². The fraction of sp³-hybridized carbons (Fsp3) is 0.304. The van der Waals surface area contributed by atoms with Crippen molar-refractivity contribution in [2.75, 3.05) is 25.6 Å². The van der Waals surface area contributed by atoms with E-state index < -0.39 is 5.82 Å². The van der Waals surface area contributed by atoms with E-state index in [2.05, 4.69) is 15.5 Å². The van der Waals surface area contributed by atoms with Gasteiger partial charge in [-0.2, -0.15) is 5.10 Å². The lowest BCUT2D eigenvalue weighted by Crippen LogP contribution is -2.16. The van der Waals surface area contributed by atoms with Crippen LogP contribution in [0, 0.1) is 12.7 Å². The van der Waals surface area contributed by atoms with E-state index in [4.69, 9.17) is 14.2 Å². The Kier molecular flexibility index (Phi) is 6.18. The molecule has 7 nitrogen and oxygen atoms in total. The number of amides is 1. The molecule has 1 unspecified atom stereocenters. The molecular weight excluding hydrogens is 401 g/mol. The van der Waals surface area contributed by atoms with Gasteiger partial charge in [0.15, 0.2) is 0 Å². The minimum atomic E-state index is -0.415. The average molecular weight is 425 g/mol. The molecule has 3 aromatic rings. The van der Waals surface area contributed by atoms with Crippen LogP contribution in [0.2, 0.25) is 0 Å². The maximum atomic E-state index is 13.9. The number of hydrogen-bond acceptors (Lipinski definition) is 5. The third kappa shape index (κ3) is 4.86. The number of nitrogens with one attached hydrogen (secondary N) is 2. The van der Waals surface area contributed by atoms with Gasteiger partial charge in [-0.1, -0.05) is 0 Å². The number of anilines is 1. The molecule has 2 heterocycles. The Morgan fingerprint density at radius 2 is 2.16 bits per heavy atom. The Labute approximate surface area is 179 Å². The highest BCUT2D eigenvalue weighted by molar-refractivity contribution is 6.04. The normalized spacial score (nSPS) is 15.6. The molecule has 2 N–H and O–H groups in total. The minimum Gasteiger partial charge on any atom is -0.497 e. The summed E-state index contributed by atoms with van der Waals surface area (Å²) in [6.07, 6.45) is 1.98. The summed E-state index contributed by atoms with van der Waals surface area (Å²) >= 11 is 0. The van der Waals surface area contributed by atoms with Crippen LogP contribution in [0.5, 0.6) is 11.5 Å². The molecule has 0 aliphatic carbocycles. The van der Waals surface area contributed by atoms with Crippen LogP contribution in [-0.4, -0.2) is 42.5 Å². The van der Waals surface area contributed by atoms with Crippen molar-refractivity contribution in [3.8, 4) is 22.8 Å². The molecular formula is C23H24FN3O4. The number of methoxy groups -OCH3 is 1. The monoisotopic (exact) mass is 425 g/mol. The quantitative estimate of drug-likeness (QED) is 0.588. The molecule has 2 aromatic carbocycles. The van der Waals surface area contributed by atoms with Crippen LogP contribution >= 0.6 is 0 Å². The minimum absolute atomic E-state index is 0.0335. The van der Waals surface area contributed by atoms with E-state index in [0.29, 0.717) is 35.1 Å². The second-order valence-corrected chi connectivity index (χ2v) is 7.39. The topological polar surface area (TPSA) is 85.5 Å². The molecule has 0 saturated carbocycles. The predicted molar refractivity (Wildman–Crippen MR) is 114 cm³/mol. The Bertz CT molecular complexity index is 1080. The Balaban J connectivity index is 1.51. The first-order chi connectivity index (χ1) is 15.0. The molecule has 1 aromatic heterocycles. The number of aromatic amines is 1. The van der Waals surface area contributed by atoms with Gasteiger partial charge in [0.2, 0.25) is 0 Å². The van der Waals surface area contributed by atoms with Gasteiger partial charge in [0.05, 0.1) is 18.9 Å². The zero-order valence-electron chi connectivity index (χ0n) is 17.4. The van der Waals surface area contributed by atoms with Gasteiger partial charge in [-0.15, -0.1) is 0 Å². The molecule has 1 aliphatic rings. The molecule has 162 valence electrons. The first kappa shape index (κ1) is 20.9. The molecule has 0 radical (unpaired) electrons. The van der Waals surface area contributed by atoms with Gasteiger partial charge in [0.25, 0.3) is 5.91 Å². The molecule has 1 atom stereocenters. The fourth-order valence-electron chi connectivity index (χ4n) is 3.46. The molecule has 1 fully saturated rings. The molecule has 0 spiro atoms. The van der Waals surface area contributed by atoms with Gasteiger partial charge < -0.3 is 19.5 Å². The third-order valence-electron chi connectivity index (χ3n) is 5.17. The number of nitrogens with zero attached hydrogens (tertiary/aromatic N) is 1. The first-order valence-electron chi connectivity index (χ1n) is 10.1. The molecule has 4 rings (SSSR count). The Morgan fingerprint density at radius 3 is 2.90 bits per heavy atom. The van der Waals surface area contributed by atoms with Gasteiger partial charge in [-0.05, 0) is 67.8 Å². The molecule has 1 saturated heterocycles. The van der Waals surface area contributed by atoms with Crippen molar-refractivity contribution >= 4 is 11.6 Å². The maximum Gasteiger partial charge on any atom is 0.273 e. The summed E-state index contributed by atoms with van der Waals surface area (Å²) in [5, 5.41) is 9.76. The summed E-state index contributed by atoms with van der Waals surface area (Å²) in [6.45, 7) is 2.99. The highest BCUT2D eigenvalue weighted by Gasteiger charge is 2.19. The second kappa shape index (κ2) is 9.18. The summed E-state index contributed by atoms with van der Waals surface area (Å²) in [6, 6.07) is 11.2. The lowest BCUT2D eigenvalue weighted by molar-refractivity contribution is 0.0681. The van der Waals surface area contributed by atoms with Crippen molar-refractivity contribution in [3.63, 3.8) is 0 Å². The number of halogens is 1. The Morgan fingerprint density at radius 1 is 1.29 bits per heavy atom. The van der Waals surface area contributed by atoms with Crippen LogP contribution < -0.4 is 14.8 Å².